The molecule has 1 aromatic carbocycles. The van der Waals surface area contributed by atoms with Gasteiger partial charge in [-0.2, -0.15) is 0 Å². The molecule has 6 heteroatoms. The van der Waals surface area contributed by atoms with Gasteiger partial charge in [0.05, 0.1) is 13.2 Å². The van der Waals surface area contributed by atoms with Crippen molar-refractivity contribution >= 4 is 11.6 Å². The van der Waals surface area contributed by atoms with Crippen LogP contribution in [0.4, 0.5) is 5.69 Å². The molecule has 0 spiro atoms. The molecule has 2 aliphatic heterocycles. The lowest BCUT2D eigenvalue weighted by atomic mass is 10.1. The maximum atomic E-state index is 12.9. The average molecular weight is 332 g/mol. The monoisotopic (exact) mass is 332 g/mol. The summed E-state index contributed by atoms with van der Waals surface area (Å²) in [7, 11) is 0. The van der Waals surface area contributed by atoms with Crippen LogP contribution in [0.5, 0.6) is 11.5 Å². The zero-order valence-electron chi connectivity index (χ0n) is 14.0. The number of aryl methyl sites for hydroxylation is 1. The van der Waals surface area contributed by atoms with E-state index in [0.29, 0.717) is 25.0 Å². The van der Waals surface area contributed by atoms with Gasteiger partial charge in [-0.25, -0.2) is 0 Å². The molecule has 1 saturated heterocycles. The number of morpholine rings is 1. The number of amides is 1. The number of benzene rings is 1. The smallest absolute Gasteiger partial charge is 0.244 e. The Hall–Kier alpha value is -1.79. The normalized spacial score (nSPS) is 24.3. The van der Waals surface area contributed by atoms with E-state index in [-0.39, 0.29) is 18.7 Å². The van der Waals surface area contributed by atoms with Gasteiger partial charge in [0, 0.05) is 24.3 Å². The zero-order chi connectivity index (χ0) is 16.5. The summed E-state index contributed by atoms with van der Waals surface area (Å²) in [6.07, 6.45) is 4.90. The standard InChI is InChI=1S/C18H24N2O4/c1-12-8-16-17(24-11-23-16)9-14(12)19-18(21)15-10-22-7-6-20(15)13-4-2-3-5-13/h8-9,13,15H,2-7,10-11H2,1H3,(H,19,21)/t15-/m1/s1. The molecule has 0 bridgehead atoms. The topological polar surface area (TPSA) is 60.0 Å². The van der Waals surface area contributed by atoms with Gasteiger partial charge in [-0.05, 0) is 31.4 Å². The maximum Gasteiger partial charge on any atom is 0.244 e. The van der Waals surface area contributed by atoms with Crippen LogP contribution >= 0.6 is 0 Å². The summed E-state index contributed by atoms with van der Waals surface area (Å²) < 4.78 is 16.4. The van der Waals surface area contributed by atoms with Crippen LogP contribution in [-0.4, -0.2) is 49.4 Å². The highest BCUT2D eigenvalue weighted by molar-refractivity contribution is 5.96. The molecule has 4 rings (SSSR count). The first-order valence-electron chi connectivity index (χ1n) is 8.77. The van der Waals surface area contributed by atoms with Gasteiger partial charge < -0.3 is 19.5 Å². The number of carbonyl (C=O) groups excluding carboxylic acids is 1. The Bertz CT molecular complexity index is 628. The fraction of sp³-hybridized carbons (Fsp3) is 0.611. The minimum atomic E-state index is -0.216. The van der Waals surface area contributed by atoms with Crippen LogP contribution in [0.1, 0.15) is 31.2 Å². The highest BCUT2D eigenvalue weighted by Crippen LogP contribution is 2.37. The molecule has 1 aliphatic carbocycles. The van der Waals surface area contributed by atoms with Gasteiger partial charge in [-0.3, -0.25) is 9.69 Å². The predicted octanol–water partition coefficient (Wildman–Crippen LogP) is 2.31. The predicted molar refractivity (Wildman–Crippen MR) is 89.5 cm³/mol. The fourth-order valence-corrected chi connectivity index (χ4v) is 3.91. The maximum absolute atomic E-state index is 12.9. The molecule has 24 heavy (non-hydrogen) atoms. The number of ether oxygens (including phenoxy) is 3. The summed E-state index contributed by atoms with van der Waals surface area (Å²) in [5.41, 5.74) is 1.75. The number of hydrogen-bond donors (Lipinski definition) is 1. The summed E-state index contributed by atoms with van der Waals surface area (Å²) in [6.45, 7) is 4.21. The number of nitrogens with one attached hydrogen (secondary N) is 1. The second-order valence-electron chi connectivity index (χ2n) is 6.78. The third-order valence-corrected chi connectivity index (χ3v) is 5.24. The molecule has 6 nitrogen and oxygen atoms in total. The molecule has 130 valence electrons. The van der Waals surface area contributed by atoms with Crippen LogP contribution < -0.4 is 14.8 Å². The van der Waals surface area contributed by atoms with Gasteiger partial charge in [0.1, 0.15) is 6.04 Å². The number of nitrogens with zero attached hydrogens (tertiary/aromatic N) is 1. The zero-order valence-corrected chi connectivity index (χ0v) is 14.0. The lowest BCUT2D eigenvalue weighted by molar-refractivity contribution is -0.129. The van der Waals surface area contributed by atoms with E-state index in [4.69, 9.17) is 14.2 Å². The lowest BCUT2D eigenvalue weighted by Gasteiger charge is -2.38. The van der Waals surface area contributed by atoms with E-state index in [9.17, 15) is 4.79 Å². The van der Waals surface area contributed by atoms with Crippen LogP contribution in [0.25, 0.3) is 0 Å². The molecule has 1 atom stereocenters. The Morgan fingerprint density at radius 3 is 2.75 bits per heavy atom. The summed E-state index contributed by atoms with van der Waals surface area (Å²) in [5, 5.41) is 3.07. The average Bonchev–Trinajstić information content (AvgIpc) is 3.26. The van der Waals surface area contributed by atoms with E-state index in [1.165, 1.54) is 25.7 Å². The number of fused-ring (bicyclic) bond motifs is 1. The van der Waals surface area contributed by atoms with E-state index in [0.717, 1.165) is 23.5 Å². The van der Waals surface area contributed by atoms with Gasteiger partial charge in [-0.15, -0.1) is 0 Å². The van der Waals surface area contributed by atoms with Crippen molar-refractivity contribution in [2.75, 3.05) is 31.9 Å². The van der Waals surface area contributed by atoms with Crippen LogP contribution in [0.15, 0.2) is 12.1 Å². The van der Waals surface area contributed by atoms with Crippen molar-refractivity contribution in [2.45, 2.75) is 44.7 Å². The Balaban J connectivity index is 1.50. The molecule has 3 aliphatic rings. The van der Waals surface area contributed by atoms with Crippen LogP contribution in [-0.2, 0) is 9.53 Å². The van der Waals surface area contributed by atoms with Gasteiger partial charge in [0.2, 0.25) is 12.7 Å². The Kier molecular flexibility index (Phi) is 4.33. The Morgan fingerprint density at radius 2 is 1.96 bits per heavy atom. The Morgan fingerprint density at radius 1 is 1.21 bits per heavy atom. The quantitative estimate of drug-likeness (QED) is 0.920. The van der Waals surface area contributed by atoms with Crippen LogP contribution in [0.3, 0.4) is 0 Å². The Labute approximate surface area is 142 Å². The summed E-state index contributed by atoms with van der Waals surface area (Å²) in [6, 6.07) is 4.05. The molecular formula is C18H24N2O4. The molecule has 1 N–H and O–H groups in total. The number of hydrogen-bond acceptors (Lipinski definition) is 5. The van der Waals surface area contributed by atoms with Crippen molar-refractivity contribution < 1.29 is 19.0 Å². The molecule has 0 radical (unpaired) electrons. The number of anilines is 1. The highest BCUT2D eigenvalue weighted by atomic mass is 16.7. The summed E-state index contributed by atoms with van der Waals surface area (Å²) >= 11 is 0. The van der Waals surface area contributed by atoms with Crippen molar-refractivity contribution in [1.29, 1.82) is 0 Å². The van der Waals surface area contributed by atoms with Crippen LogP contribution in [0, 0.1) is 6.92 Å². The third kappa shape index (κ3) is 2.96. The minimum absolute atomic E-state index is 0.00330. The highest BCUT2D eigenvalue weighted by Gasteiger charge is 2.35. The largest absolute Gasteiger partial charge is 0.454 e. The molecule has 1 amide bonds. The van der Waals surface area contributed by atoms with E-state index in [2.05, 4.69) is 10.2 Å². The molecule has 0 aromatic heterocycles. The van der Waals surface area contributed by atoms with Crippen molar-refractivity contribution in [1.82, 2.24) is 4.90 Å². The SMILES string of the molecule is Cc1cc2c(cc1NC(=O)[C@H]1COCCN1C1CCCC1)OCO2. The first-order valence-corrected chi connectivity index (χ1v) is 8.77. The van der Waals surface area contributed by atoms with Gasteiger partial charge in [0.25, 0.3) is 0 Å². The van der Waals surface area contributed by atoms with Crippen molar-refractivity contribution in [3.63, 3.8) is 0 Å². The van der Waals surface area contributed by atoms with Crippen molar-refractivity contribution in [2.24, 2.45) is 0 Å². The molecule has 0 unspecified atom stereocenters. The fourth-order valence-electron chi connectivity index (χ4n) is 3.91. The van der Waals surface area contributed by atoms with E-state index < -0.39 is 0 Å². The molecule has 1 aromatic rings. The second-order valence-corrected chi connectivity index (χ2v) is 6.78. The van der Waals surface area contributed by atoms with E-state index in [1.54, 1.807) is 0 Å². The molecular weight excluding hydrogens is 308 g/mol. The lowest BCUT2D eigenvalue weighted by Crippen LogP contribution is -2.55. The first kappa shape index (κ1) is 15.7. The van der Waals surface area contributed by atoms with Gasteiger partial charge in [0.15, 0.2) is 11.5 Å². The third-order valence-electron chi connectivity index (χ3n) is 5.24. The van der Waals surface area contributed by atoms with E-state index >= 15 is 0 Å². The summed E-state index contributed by atoms with van der Waals surface area (Å²) in [5.74, 6) is 1.42. The second kappa shape index (κ2) is 6.61. The van der Waals surface area contributed by atoms with Gasteiger partial charge in [-0.1, -0.05) is 12.8 Å². The molecule has 2 fully saturated rings. The van der Waals surface area contributed by atoms with Crippen molar-refractivity contribution in [3.05, 3.63) is 17.7 Å². The summed E-state index contributed by atoms with van der Waals surface area (Å²) in [4.78, 5) is 15.2. The minimum Gasteiger partial charge on any atom is -0.454 e. The van der Waals surface area contributed by atoms with Crippen LogP contribution in [0.2, 0.25) is 0 Å². The van der Waals surface area contributed by atoms with Gasteiger partial charge >= 0.3 is 0 Å². The molecule has 2 heterocycles. The first-order chi connectivity index (χ1) is 11.7. The van der Waals surface area contributed by atoms with E-state index in [1.807, 2.05) is 19.1 Å². The molecule has 1 saturated carbocycles. The number of carbonyl (C=O) groups is 1. The number of rotatable bonds is 3. The van der Waals surface area contributed by atoms with Crippen molar-refractivity contribution in [3.8, 4) is 11.5 Å².